The van der Waals surface area contributed by atoms with Crippen molar-refractivity contribution in [3.8, 4) is 11.1 Å². The maximum Gasteiger partial charge on any atom is 0.328 e. The Morgan fingerprint density at radius 2 is 1.50 bits per heavy atom. The average molecular weight is 838 g/mol. The zero-order valence-corrected chi connectivity index (χ0v) is 35.2. The summed E-state index contributed by atoms with van der Waals surface area (Å²) in [5.41, 5.74) is 7.04. The van der Waals surface area contributed by atoms with Crippen molar-refractivity contribution in [2.45, 2.75) is 69.4 Å². The number of rotatable bonds is 13. The molecule has 3 saturated heterocycles. The Morgan fingerprint density at radius 3 is 2.19 bits per heavy atom. The molecule has 0 unspecified atom stereocenters. The van der Waals surface area contributed by atoms with E-state index < -0.39 is 29.9 Å². The van der Waals surface area contributed by atoms with Crippen LogP contribution in [0.25, 0.3) is 11.1 Å². The molecule has 0 radical (unpaired) electrons. The summed E-state index contributed by atoms with van der Waals surface area (Å²) in [4.78, 5) is 43.4. The molecular weight excluding hydrogens is 783 g/mol. The highest BCUT2D eigenvalue weighted by Gasteiger charge is 2.51. The maximum atomic E-state index is 13.4. The van der Waals surface area contributed by atoms with Gasteiger partial charge in [-0.05, 0) is 64.4 Å². The fraction of sp³-hybridized carbons (Fsp3) is 0.340. The standard InChI is InChI=1S/C50H55N5O7/c1-34-44(31-54-26-24-50(25-27-54)48(58)52-33-55(50)42-14-7-4-8-15-42)61-47(62-45(34)39-18-16-36(32-56)17-19-39)40-22-20-38(21-23-40)41-13-9-12-37(28-41)30-51-49(59)53-43(46(57)60-2)29-35-10-5-3-6-11-35/h3-23,28,34,43-45,47,56H,24-27,29-33H2,1-2H3,(H,52,58)(H2,51,53,59)/t34-,43-,44+,45+,47+/m0/s1. The molecular formula is C50H55N5O7. The van der Waals surface area contributed by atoms with Crippen LogP contribution < -0.4 is 20.9 Å². The van der Waals surface area contributed by atoms with Crippen LogP contribution in [0, 0.1) is 5.92 Å². The van der Waals surface area contributed by atoms with Crippen molar-refractivity contribution in [3.63, 3.8) is 0 Å². The highest BCUT2D eigenvalue weighted by molar-refractivity contribution is 5.93. The first-order valence-corrected chi connectivity index (χ1v) is 21.4. The minimum absolute atomic E-state index is 0.0191. The van der Waals surface area contributed by atoms with Gasteiger partial charge in [-0.3, -0.25) is 4.79 Å². The SMILES string of the molecule is COC(=O)[C@H](Cc1ccccc1)NC(=O)NCc1cccc(-c2ccc([C@@H]3O[C@H](CN4CCC5(CC4)C(=O)NCN5c4ccccc4)[C@H](C)[C@H](c4ccc(CO)cc4)O3)cc2)c1. The summed E-state index contributed by atoms with van der Waals surface area (Å²) in [7, 11) is 1.31. The van der Waals surface area contributed by atoms with E-state index in [4.69, 9.17) is 14.2 Å². The first kappa shape index (κ1) is 42.6. The van der Waals surface area contributed by atoms with Gasteiger partial charge in [0, 0.05) is 49.8 Å². The Hall–Kier alpha value is -6.05. The second kappa shape index (κ2) is 19.3. The number of hydrogen-bond acceptors (Lipinski definition) is 9. The molecule has 1 spiro atoms. The van der Waals surface area contributed by atoms with E-state index in [1.54, 1.807) is 0 Å². The fourth-order valence-corrected chi connectivity index (χ4v) is 8.99. The van der Waals surface area contributed by atoms with E-state index in [2.05, 4.69) is 56.9 Å². The van der Waals surface area contributed by atoms with Crippen molar-refractivity contribution >= 4 is 23.6 Å². The number of aliphatic hydroxyl groups is 1. The number of anilines is 1. The van der Waals surface area contributed by atoms with Crippen LogP contribution in [0.5, 0.6) is 0 Å². The normalized spacial score (nSPS) is 21.5. The van der Waals surface area contributed by atoms with Crippen LogP contribution in [-0.2, 0) is 43.4 Å². The largest absolute Gasteiger partial charge is 0.467 e. The number of urea groups is 1. The highest BCUT2D eigenvalue weighted by atomic mass is 16.7. The summed E-state index contributed by atoms with van der Waals surface area (Å²) in [6.45, 7) is 5.15. The van der Waals surface area contributed by atoms with Gasteiger partial charge >= 0.3 is 12.0 Å². The van der Waals surface area contributed by atoms with Crippen molar-refractivity contribution < 1.29 is 33.7 Å². The first-order chi connectivity index (χ1) is 30.2. The number of ether oxygens (including phenoxy) is 3. The lowest BCUT2D eigenvalue weighted by Crippen LogP contribution is -2.57. The molecule has 3 heterocycles. The summed E-state index contributed by atoms with van der Waals surface area (Å²) >= 11 is 0. The molecule has 322 valence electrons. The van der Waals surface area contributed by atoms with Crippen LogP contribution in [0.4, 0.5) is 10.5 Å². The van der Waals surface area contributed by atoms with Crippen molar-refractivity contribution in [3.05, 3.63) is 161 Å². The highest BCUT2D eigenvalue weighted by Crippen LogP contribution is 2.43. The number of aliphatic hydroxyl groups excluding tert-OH is 1. The average Bonchev–Trinajstić information content (AvgIpc) is 3.63. The third-order valence-corrected chi connectivity index (χ3v) is 12.6. The number of esters is 1. The molecule has 5 aromatic rings. The van der Waals surface area contributed by atoms with Gasteiger partial charge in [0.2, 0.25) is 5.91 Å². The lowest BCUT2D eigenvalue weighted by Gasteiger charge is -2.46. The van der Waals surface area contributed by atoms with Crippen LogP contribution in [0.15, 0.2) is 133 Å². The van der Waals surface area contributed by atoms with Crippen LogP contribution in [0.1, 0.15) is 60.0 Å². The maximum absolute atomic E-state index is 13.4. The minimum Gasteiger partial charge on any atom is -0.467 e. The Kier molecular flexibility index (Phi) is 13.3. The van der Waals surface area contributed by atoms with E-state index in [-0.39, 0.29) is 37.2 Å². The van der Waals surface area contributed by atoms with Gasteiger partial charge in [0.1, 0.15) is 11.6 Å². The smallest absolute Gasteiger partial charge is 0.328 e. The lowest BCUT2D eigenvalue weighted by atomic mass is 9.84. The van der Waals surface area contributed by atoms with Gasteiger partial charge in [-0.2, -0.15) is 0 Å². The number of para-hydroxylation sites is 1. The van der Waals surface area contributed by atoms with Gasteiger partial charge in [0.15, 0.2) is 6.29 Å². The predicted molar refractivity (Wildman–Crippen MR) is 237 cm³/mol. The fourth-order valence-electron chi connectivity index (χ4n) is 8.99. The number of piperidine rings is 1. The molecule has 5 aromatic carbocycles. The summed E-state index contributed by atoms with van der Waals surface area (Å²) in [5, 5.41) is 18.5. The van der Waals surface area contributed by atoms with E-state index in [1.807, 2.05) is 109 Å². The third kappa shape index (κ3) is 9.54. The number of amides is 3. The summed E-state index contributed by atoms with van der Waals surface area (Å²) in [6, 6.07) is 42.5. The van der Waals surface area contributed by atoms with E-state index in [0.29, 0.717) is 19.6 Å². The number of nitrogens with zero attached hydrogens (tertiary/aromatic N) is 2. The van der Waals surface area contributed by atoms with Gasteiger partial charge in [-0.1, -0.05) is 122 Å². The van der Waals surface area contributed by atoms with Crippen LogP contribution in [0.2, 0.25) is 0 Å². The number of likely N-dealkylation sites (tertiary alicyclic amines) is 1. The molecule has 12 heteroatoms. The lowest BCUT2D eigenvalue weighted by molar-refractivity contribution is -0.276. The molecule has 8 rings (SSSR count). The molecule has 62 heavy (non-hydrogen) atoms. The molecule has 0 aromatic heterocycles. The Balaban J connectivity index is 0.935. The molecule has 4 N–H and O–H groups in total. The zero-order valence-electron chi connectivity index (χ0n) is 35.2. The zero-order chi connectivity index (χ0) is 43.1. The van der Waals surface area contributed by atoms with E-state index in [1.165, 1.54) is 7.11 Å². The van der Waals surface area contributed by atoms with Crippen LogP contribution >= 0.6 is 0 Å². The van der Waals surface area contributed by atoms with Crippen LogP contribution in [0.3, 0.4) is 0 Å². The van der Waals surface area contributed by atoms with E-state index >= 15 is 0 Å². The van der Waals surface area contributed by atoms with Crippen molar-refractivity contribution in [2.75, 3.05) is 38.3 Å². The molecule has 3 aliphatic heterocycles. The number of hydrogen-bond donors (Lipinski definition) is 4. The topological polar surface area (TPSA) is 142 Å². The van der Waals surface area contributed by atoms with Gasteiger partial charge < -0.3 is 45.1 Å². The molecule has 3 amide bonds. The van der Waals surface area contributed by atoms with Gasteiger partial charge in [0.25, 0.3) is 0 Å². The molecule has 3 aliphatic rings. The van der Waals surface area contributed by atoms with Crippen LogP contribution in [-0.4, -0.2) is 79.0 Å². The second-order valence-corrected chi connectivity index (χ2v) is 16.5. The number of methoxy groups -OCH3 is 1. The summed E-state index contributed by atoms with van der Waals surface area (Å²) < 4.78 is 18.6. The molecule has 0 aliphatic carbocycles. The molecule has 3 fully saturated rings. The number of benzene rings is 5. The second-order valence-electron chi connectivity index (χ2n) is 16.5. The molecule has 0 saturated carbocycles. The number of carbonyl (C=O) groups is 3. The predicted octanol–water partition coefficient (Wildman–Crippen LogP) is 6.65. The summed E-state index contributed by atoms with van der Waals surface area (Å²) in [5.74, 6) is -0.393. The minimum atomic E-state index is -0.824. The third-order valence-electron chi connectivity index (χ3n) is 12.6. The molecule has 12 nitrogen and oxygen atoms in total. The van der Waals surface area contributed by atoms with E-state index in [0.717, 1.165) is 70.6 Å². The Labute approximate surface area is 363 Å². The number of carbonyl (C=O) groups excluding carboxylic acids is 3. The first-order valence-electron chi connectivity index (χ1n) is 21.4. The summed E-state index contributed by atoms with van der Waals surface area (Å²) in [6.07, 6.45) is 0.724. The van der Waals surface area contributed by atoms with Crippen molar-refractivity contribution in [2.24, 2.45) is 5.92 Å². The monoisotopic (exact) mass is 837 g/mol. The van der Waals surface area contributed by atoms with E-state index in [9.17, 15) is 19.5 Å². The Bertz CT molecular complexity index is 2280. The quantitative estimate of drug-likeness (QED) is 0.0960. The molecule has 0 bridgehead atoms. The number of nitrogens with one attached hydrogen (secondary N) is 3. The van der Waals surface area contributed by atoms with Crippen molar-refractivity contribution in [1.29, 1.82) is 0 Å². The van der Waals surface area contributed by atoms with Gasteiger partial charge in [-0.25, -0.2) is 9.59 Å². The van der Waals surface area contributed by atoms with Crippen molar-refractivity contribution in [1.82, 2.24) is 20.9 Å². The molecule has 5 atom stereocenters. The Morgan fingerprint density at radius 1 is 0.823 bits per heavy atom. The van der Waals surface area contributed by atoms with Gasteiger partial charge in [-0.15, -0.1) is 0 Å². The van der Waals surface area contributed by atoms with Gasteiger partial charge in [0.05, 0.1) is 32.6 Å².